The normalized spacial score (nSPS) is 46.0. The first kappa shape index (κ1) is 15.5. The summed E-state index contributed by atoms with van der Waals surface area (Å²) in [6.45, 7) is 10.0. The molecule has 0 aromatic carbocycles. The Bertz CT molecular complexity index is 564. The summed E-state index contributed by atoms with van der Waals surface area (Å²) in [7, 11) is 0. The molecule has 2 bridgehead atoms. The zero-order valence-electron chi connectivity index (χ0n) is 14.8. The molecule has 0 N–H and O–H groups in total. The maximum absolute atomic E-state index is 12.4. The molecule has 1 saturated heterocycles. The number of hydrogen-bond acceptors (Lipinski definition) is 4. The number of hydrogen-bond donors (Lipinski definition) is 0. The predicted molar refractivity (Wildman–Crippen MR) is 84.3 cm³/mol. The first-order chi connectivity index (χ1) is 10.7. The van der Waals surface area contributed by atoms with Gasteiger partial charge in [0.05, 0.1) is 11.3 Å². The van der Waals surface area contributed by atoms with Crippen LogP contribution in [-0.4, -0.2) is 23.6 Å². The average molecular weight is 320 g/mol. The summed E-state index contributed by atoms with van der Waals surface area (Å²) in [5, 5.41) is 0. The molecule has 0 spiro atoms. The van der Waals surface area contributed by atoms with Crippen LogP contribution in [0.15, 0.2) is 0 Å². The molecule has 7 atom stereocenters. The smallest absolute Gasteiger partial charge is 0.311 e. The van der Waals surface area contributed by atoms with Crippen LogP contribution in [-0.2, 0) is 19.1 Å². The Morgan fingerprint density at radius 1 is 1.30 bits per heavy atom. The lowest BCUT2D eigenvalue weighted by molar-refractivity contribution is -0.173. The number of cyclic esters (lactones) is 1. The van der Waals surface area contributed by atoms with Gasteiger partial charge in [0, 0.05) is 5.92 Å². The lowest BCUT2D eigenvalue weighted by Gasteiger charge is -2.53. The maximum Gasteiger partial charge on any atom is 0.311 e. The van der Waals surface area contributed by atoms with Crippen LogP contribution in [0.3, 0.4) is 0 Å². The Hall–Kier alpha value is -1.06. The highest BCUT2D eigenvalue weighted by molar-refractivity contribution is 5.79. The van der Waals surface area contributed by atoms with Crippen molar-refractivity contribution in [1.29, 1.82) is 0 Å². The second-order valence-corrected chi connectivity index (χ2v) is 9.31. The fourth-order valence-electron chi connectivity index (χ4n) is 5.93. The third kappa shape index (κ3) is 1.90. The van der Waals surface area contributed by atoms with Crippen molar-refractivity contribution in [3.8, 4) is 0 Å². The van der Waals surface area contributed by atoms with Gasteiger partial charge in [-0.1, -0.05) is 6.92 Å². The van der Waals surface area contributed by atoms with Crippen LogP contribution < -0.4 is 0 Å². The van der Waals surface area contributed by atoms with Gasteiger partial charge in [-0.25, -0.2) is 0 Å². The average Bonchev–Trinajstić information content (AvgIpc) is 2.96. The Kier molecular flexibility index (Phi) is 3.04. The minimum absolute atomic E-state index is 0.00876. The van der Waals surface area contributed by atoms with E-state index < -0.39 is 5.41 Å². The molecule has 0 aromatic rings. The summed E-state index contributed by atoms with van der Waals surface area (Å²) >= 11 is 0. The van der Waals surface area contributed by atoms with Gasteiger partial charge in [-0.2, -0.15) is 0 Å². The molecule has 3 aliphatic carbocycles. The van der Waals surface area contributed by atoms with Crippen molar-refractivity contribution in [2.75, 3.05) is 0 Å². The van der Waals surface area contributed by atoms with E-state index in [0.717, 1.165) is 19.3 Å². The van der Waals surface area contributed by atoms with Crippen molar-refractivity contribution in [2.24, 2.45) is 40.9 Å². The van der Waals surface area contributed by atoms with E-state index in [9.17, 15) is 9.59 Å². The number of fused-ring (bicyclic) bond motifs is 8. The summed E-state index contributed by atoms with van der Waals surface area (Å²) < 4.78 is 11.6. The van der Waals surface area contributed by atoms with E-state index in [0.29, 0.717) is 29.6 Å². The summed E-state index contributed by atoms with van der Waals surface area (Å²) in [5.74, 6) is 2.31. The molecule has 0 amide bonds. The van der Waals surface area contributed by atoms with Crippen LogP contribution in [0.1, 0.15) is 53.9 Å². The van der Waals surface area contributed by atoms with Gasteiger partial charge in [0.25, 0.3) is 0 Å². The largest absolute Gasteiger partial charge is 0.462 e. The molecule has 1 aliphatic heterocycles. The monoisotopic (exact) mass is 320 g/mol. The minimum atomic E-state index is -0.408. The van der Waals surface area contributed by atoms with E-state index in [1.165, 1.54) is 0 Å². The molecule has 4 nitrogen and oxygen atoms in total. The molecule has 23 heavy (non-hydrogen) atoms. The lowest BCUT2D eigenvalue weighted by atomic mass is 9.49. The van der Waals surface area contributed by atoms with Crippen molar-refractivity contribution in [3.63, 3.8) is 0 Å². The predicted octanol–water partition coefficient (Wildman–Crippen LogP) is 3.19. The molecule has 0 aromatic heterocycles. The molecule has 0 radical (unpaired) electrons. The van der Waals surface area contributed by atoms with E-state index in [4.69, 9.17) is 9.47 Å². The van der Waals surface area contributed by atoms with Crippen LogP contribution in [0.2, 0.25) is 0 Å². The molecule has 128 valence electrons. The zero-order valence-corrected chi connectivity index (χ0v) is 14.8. The second-order valence-electron chi connectivity index (χ2n) is 9.31. The Labute approximate surface area is 138 Å². The number of carbonyl (C=O) groups is 2. The summed E-state index contributed by atoms with van der Waals surface area (Å²) in [4.78, 5) is 24.6. The van der Waals surface area contributed by atoms with E-state index in [1.807, 2.05) is 34.6 Å². The van der Waals surface area contributed by atoms with Crippen molar-refractivity contribution in [2.45, 2.75) is 65.6 Å². The van der Waals surface area contributed by atoms with E-state index in [-0.39, 0.29) is 29.6 Å². The summed E-state index contributed by atoms with van der Waals surface area (Å²) in [6.07, 6.45) is 2.90. The highest BCUT2D eigenvalue weighted by Gasteiger charge is 2.74. The molecule has 4 rings (SSSR count). The van der Waals surface area contributed by atoms with Crippen molar-refractivity contribution in [1.82, 2.24) is 0 Å². The highest BCUT2D eigenvalue weighted by Crippen LogP contribution is 2.71. The van der Waals surface area contributed by atoms with Gasteiger partial charge < -0.3 is 9.47 Å². The molecule has 4 fully saturated rings. The minimum Gasteiger partial charge on any atom is -0.462 e. The molecule has 1 heterocycles. The SMILES string of the molecule is CCC(C)(C)C(=O)OC1CC2CC1C1C2C2C(=O)OC(C)(C)C21. The van der Waals surface area contributed by atoms with Gasteiger partial charge in [-0.05, 0) is 70.6 Å². The third-order valence-corrected chi connectivity index (χ3v) is 7.42. The van der Waals surface area contributed by atoms with Gasteiger partial charge in [-0.15, -0.1) is 0 Å². The zero-order chi connectivity index (χ0) is 16.7. The standard InChI is InChI=1S/C19H28O4/c1-6-18(2,3)17(21)22-11-8-9-7-10(11)13-12(9)14-15(13)19(4,5)23-16(14)20/h9-15H,6-8H2,1-5H3. The molecule has 7 unspecified atom stereocenters. The van der Waals surface area contributed by atoms with Gasteiger partial charge in [0.2, 0.25) is 0 Å². The van der Waals surface area contributed by atoms with Gasteiger partial charge in [0.1, 0.15) is 11.7 Å². The molecular weight excluding hydrogens is 292 g/mol. The number of carbonyl (C=O) groups excluding carboxylic acids is 2. The van der Waals surface area contributed by atoms with Crippen LogP contribution in [0.4, 0.5) is 0 Å². The topological polar surface area (TPSA) is 52.6 Å². The molecule has 4 aliphatic rings. The maximum atomic E-state index is 12.4. The quantitative estimate of drug-likeness (QED) is 0.749. The third-order valence-electron chi connectivity index (χ3n) is 7.42. The second kappa shape index (κ2) is 4.52. The first-order valence-corrected chi connectivity index (χ1v) is 9.11. The van der Waals surface area contributed by atoms with Crippen LogP contribution in [0, 0.1) is 40.9 Å². The van der Waals surface area contributed by atoms with E-state index >= 15 is 0 Å². The summed E-state index contributed by atoms with van der Waals surface area (Å²) in [6, 6.07) is 0. The van der Waals surface area contributed by atoms with Gasteiger partial charge in [0.15, 0.2) is 0 Å². The Morgan fingerprint density at radius 2 is 2.00 bits per heavy atom. The fourth-order valence-corrected chi connectivity index (χ4v) is 5.93. The van der Waals surface area contributed by atoms with Crippen molar-refractivity contribution >= 4 is 11.9 Å². The Balaban J connectivity index is 1.51. The van der Waals surface area contributed by atoms with Crippen LogP contribution in [0.5, 0.6) is 0 Å². The van der Waals surface area contributed by atoms with E-state index in [1.54, 1.807) is 0 Å². The molecular formula is C19H28O4. The number of ether oxygens (including phenoxy) is 2. The highest BCUT2D eigenvalue weighted by atomic mass is 16.6. The van der Waals surface area contributed by atoms with Crippen LogP contribution >= 0.6 is 0 Å². The van der Waals surface area contributed by atoms with E-state index in [2.05, 4.69) is 0 Å². The first-order valence-electron chi connectivity index (χ1n) is 9.11. The molecule has 4 heteroatoms. The van der Waals surface area contributed by atoms with Crippen molar-refractivity contribution in [3.05, 3.63) is 0 Å². The number of esters is 2. The lowest BCUT2D eigenvalue weighted by Crippen LogP contribution is -2.57. The van der Waals surface area contributed by atoms with Crippen LogP contribution in [0.25, 0.3) is 0 Å². The summed E-state index contributed by atoms with van der Waals surface area (Å²) in [5.41, 5.74) is -0.764. The van der Waals surface area contributed by atoms with Gasteiger partial charge >= 0.3 is 11.9 Å². The molecule has 3 saturated carbocycles. The van der Waals surface area contributed by atoms with Gasteiger partial charge in [-0.3, -0.25) is 9.59 Å². The Morgan fingerprint density at radius 3 is 2.65 bits per heavy atom. The number of rotatable bonds is 3. The van der Waals surface area contributed by atoms with Crippen molar-refractivity contribution < 1.29 is 19.1 Å². The fraction of sp³-hybridized carbons (Fsp3) is 0.895.